The molecule has 0 aromatic heterocycles. The first-order chi connectivity index (χ1) is 9.15. The third-order valence-corrected chi connectivity index (χ3v) is 6.00. The van der Waals surface area contributed by atoms with E-state index in [1.165, 1.54) is 64.5 Å². The van der Waals surface area contributed by atoms with Gasteiger partial charge in [-0.25, -0.2) is 0 Å². The molecule has 0 aromatic carbocycles. The molecule has 1 N–H and O–H groups in total. The minimum Gasteiger partial charge on any atom is -0.375 e. The van der Waals surface area contributed by atoms with Crippen LogP contribution < -0.4 is 5.32 Å². The molecule has 2 aliphatic heterocycles. The zero-order chi connectivity index (χ0) is 13.3. The Bertz CT molecular complexity index is 304. The molecule has 0 bridgehead atoms. The van der Waals surface area contributed by atoms with Crippen molar-refractivity contribution >= 4 is 0 Å². The molecular formula is C16H30N2O. The van der Waals surface area contributed by atoms with Crippen LogP contribution in [0.25, 0.3) is 0 Å². The van der Waals surface area contributed by atoms with E-state index in [4.69, 9.17) is 4.74 Å². The van der Waals surface area contributed by atoms with Gasteiger partial charge in [0.1, 0.15) is 0 Å². The van der Waals surface area contributed by atoms with Crippen LogP contribution in [0, 0.1) is 0 Å². The lowest BCUT2D eigenvalue weighted by atomic mass is 9.84. The van der Waals surface area contributed by atoms with Crippen molar-refractivity contribution in [2.24, 2.45) is 0 Å². The van der Waals surface area contributed by atoms with E-state index in [-0.39, 0.29) is 5.60 Å². The second-order valence-electron chi connectivity index (χ2n) is 7.23. The van der Waals surface area contributed by atoms with E-state index in [2.05, 4.69) is 24.2 Å². The summed E-state index contributed by atoms with van der Waals surface area (Å²) in [7, 11) is 2.11. The Morgan fingerprint density at radius 2 is 1.79 bits per heavy atom. The summed E-state index contributed by atoms with van der Waals surface area (Å²) >= 11 is 0. The number of hydrogen-bond donors (Lipinski definition) is 1. The van der Waals surface area contributed by atoms with E-state index in [0.717, 1.165) is 12.6 Å². The maximum absolute atomic E-state index is 6.17. The van der Waals surface area contributed by atoms with Gasteiger partial charge in [-0.2, -0.15) is 0 Å². The summed E-state index contributed by atoms with van der Waals surface area (Å²) in [5, 5.41) is 3.50. The Kier molecular flexibility index (Phi) is 3.89. The van der Waals surface area contributed by atoms with Crippen LogP contribution >= 0.6 is 0 Å². The molecule has 3 rings (SSSR count). The first-order valence-corrected chi connectivity index (χ1v) is 8.22. The zero-order valence-corrected chi connectivity index (χ0v) is 12.7. The Morgan fingerprint density at radius 1 is 1.11 bits per heavy atom. The van der Waals surface area contributed by atoms with Crippen molar-refractivity contribution in [3.05, 3.63) is 0 Å². The van der Waals surface area contributed by atoms with Crippen LogP contribution in [0.5, 0.6) is 0 Å². The molecular weight excluding hydrogens is 236 g/mol. The molecule has 3 aliphatic rings. The monoisotopic (exact) mass is 266 g/mol. The van der Waals surface area contributed by atoms with Gasteiger partial charge in [0, 0.05) is 31.3 Å². The van der Waals surface area contributed by atoms with Crippen molar-refractivity contribution in [2.75, 3.05) is 26.7 Å². The van der Waals surface area contributed by atoms with Gasteiger partial charge < -0.3 is 15.0 Å². The van der Waals surface area contributed by atoms with Crippen molar-refractivity contribution in [3.8, 4) is 0 Å². The average Bonchev–Trinajstić information content (AvgIpc) is 2.88. The summed E-state index contributed by atoms with van der Waals surface area (Å²) in [5.41, 5.74) is 0.638. The number of hydrogen-bond acceptors (Lipinski definition) is 3. The predicted octanol–water partition coefficient (Wildman–Crippen LogP) is 2.55. The number of nitrogens with zero attached hydrogens (tertiary/aromatic N) is 1. The third-order valence-electron chi connectivity index (χ3n) is 6.00. The Labute approximate surface area is 118 Å². The van der Waals surface area contributed by atoms with Gasteiger partial charge in [-0.15, -0.1) is 0 Å². The highest BCUT2D eigenvalue weighted by molar-refractivity contribution is 4.97. The van der Waals surface area contributed by atoms with Crippen LogP contribution in [0.3, 0.4) is 0 Å². The lowest BCUT2D eigenvalue weighted by Gasteiger charge is -2.47. The summed E-state index contributed by atoms with van der Waals surface area (Å²) < 4.78 is 6.17. The van der Waals surface area contributed by atoms with Crippen molar-refractivity contribution < 1.29 is 4.74 Å². The molecule has 3 nitrogen and oxygen atoms in total. The SMILES string of the molecule is CNC1(C)CCN(C2CCOC3(CCCC3)C2)CC1. The molecule has 0 radical (unpaired) electrons. The number of piperidine rings is 1. The van der Waals surface area contributed by atoms with Crippen LogP contribution in [0.1, 0.15) is 58.3 Å². The molecule has 0 aromatic rings. The van der Waals surface area contributed by atoms with Gasteiger partial charge in [0.2, 0.25) is 0 Å². The maximum Gasteiger partial charge on any atom is 0.0697 e. The minimum atomic E-state index is 0.271. The molecule has 1 aliphatic carbocycles. The van der Waals surface area contributed by atoms with E-state index in [1.54, 1.807) is 0 Å². The summed E-state index contributed by atoms with van der Waals surface area (Å²) in [6.45, 7) is 5.88. The van der Waals surface area contributed by atoms with Gasteiger partial charge in [0.25, 0.3) is 0 Å². The highest BCUT2D eigenvalue weighted by Gasteiger charge is 2.42. The largest absolute Gasteiger partial charge is 0.375 e. The Morgan fingerprint density at radius 3 is 2.42 bits per heavy atom. The topological polar surface area (TPSA) is 24.5 Å². The van der Waals surface area contributed by atoms with Gasteiger partial charge >= 0.3 is 0 Å². The van der Waals surface area contributed by atoms with Crippen molar-refractivity contribution in [3.63, 3.8) is 0 Å². The fraction of sp³-hybridized carbons (Fsp3) is 1.00. The molecule has 1 spiro atoms. The van der Waals surface area contributed by atoms with E-state index in [9.17, 15) is 0 Å². The van der Waals surface area contributed by atoms with Crippen LogP contribution in [0.2, 0.25) is 0 Å². The molecule has 2 saturated heterocycles. The maximum atomic E-state index is 6.17. The highest BCUT2D eigenvalue weighted by Crippen LogP contribution is 2.41. The van der Waals surface area contributed by atoms with Crippen LogP contribution in [-0.4, -0.2) is 48.8 Å². The number of rotatable bonds is 2. The van der Waals surface area contributed by atoms with Gasteiger partial charge in [-0.05, 0) is 52.5 Å². The number of nitrogens with one attached hydrogen (secondary N) is 1. The van der Waals surface area contributed by atoms with Crippen LogP contribution in [-0.2, 0) is 4.74 Å². The highest BCUT2D eigenvalue weighted by atomic mass is 16.5. The molecule has 19 heavy (non-hydrogen) atoms. The first-order valence-electron chi connectivity index (χ1n) is 8.22. The second kappa shape index (κ2) is 5.34. The van der Waals surface area contributed by atoms with Crippen LogP contribution in [0.15, 0.2) is 0 Å². The fourth-order valence-electron chi connectivity index (χ4n) is 4.31. The van der Waals surface area contributed by atoms with E-state index < -0.39 is 0 Å². The van der Waals surface area contributed by atoms with Crippen molar-refractivity contribution in [2.45, 2.75) is 75.5 Å². The van der Waals surface area contributed by atoms with Crippen LogP contribution in [0.4, 0.5) is 0 Å². The molecule has 110 valence electrons. The summed E-state index contributed by atoms with van der Waals surface area (Å²) in [6, 6.07) is 0.785. The molecule has 1 unspecified atom stereocenters. The van der Waals surface area contributed by atoms with Crippen molar-refractivity contribution in [1.29, 1.82) is 0 Å². The smallest absolute Gasteiger partial charge is 0.0697 e. The summed E-state index contributed by atoms with van der Waals surface area (Å²) in [5.74, 6) is 0. The molecule has 3 heteroatoms. The molecule has 2 heterocycles. The minimum absolute atomic E-state index is 0.271. The molecule has 1 atom stereocenters. The predicted molar refractivity (Wildman–Crippen MR) is 78.4 cm³/mol. The number of ether oxygens (including phenoxy) is 1. The first kappa shape index (κ1) is 13.8. The van der Waals surface area contributed by atoms with Gasteiger partial charge in [-0.1, -0.05) is 12.8 Å². The normalized spacial score (nSPS) is 34.7. The fourth-order valence-corrected chi connectivity index (χ4v) is 4.31. The molecule has 0 amide bonds. The van der Waals surface area contributed by atoms with Gasteiger partial charge in [-0.3, -0.25) is 0 Å². The number of likely N-dealkylation sites (tertiary alicyclic amines) is 1. The van der Waals surface area contributed by atoms with E-state index in [1.807, 2.05) is 0 Å². The standard InChI is InChI=1S/C16H30N2O/c1-15(17-2)8-10-18(11-9-15)14-5-12-19-16(13-14)6-3-4-7-16/h14,17H,3-13H2,1-2H3. The summed E-state index contributed by atoms with van der Waals surface area (Å²) in [4.78, 5) is 2.75. The zero-order valence-electron chi connectivity index (χ0n) is 12.7. The van der Waals surface area contributed by atoms with Gasteiger partial charge in [0.05, 0.1) is 5.60 Å². The lowest BCUT2D eigenvalue weighted by Crippen LogP contribution is -2.55. The quantitative estimate of drug-likeness (QED) is 0.831. The second-order valence-corrected chi connectivity index (χ2v) is 7.23. The Hall–Kier alpha value is -0.120. The molecule has 3 fully saturated rings. The lowest BCUT2D eigenvalue weighted by molar-refractivity contribution is -0.105. The van der Waals surface area contributed by atoms with E-state index in [0.29, 0.717) is 5.54 Å². The summed E-state index contributed by atoms with van der Waals surface area (Å²) in [6.07, 6.45) is 10.5. The van der Waals surface area contributed by atoms with Crippen molar-refractivity contribution in [1.82, 2.24) is 10.2 Å². The Balaban J connectivity index is 1.58. The average molecular weight is 266 g/mol. The third kappa shape index (κ3) is 2.84. The van der Waals surface area contributed by atoms with Gasteiger partial charge in [0.15, 0.2) is 0 Å². The molecule has 1 saturated carbocycles. The van der Waals surface area contributed by atoms with E-state index >= 15 is 0 Å².